The average Bonchev–Trinajstić information content (AvgIpc) is 2.99. The molecular weight excluding hydrogens is 294 g/mol. The van der Waals surface area contributed by atoms with Gasteiger partial charge < -0.3 is 5.11 Å². The van der Waals surface area contributed by atoms with Crippen LogP contribution in [0.5, 0.6) is 0 Å². The second-order valence-electron chi connectivity index (χ2n) is 4.17. The van der Waals surface area contributed by atoms with E-state index in [1.807, 2.05) is 0 Å². The van der Waals surface area contributed by atoms with Gasteiger partial charge >= 0.3 is 5.97 Å². The van der Waals surface area contributed by atoms with Crippen LogP contribution in [0.15, 0.2) is 47.6 Å². The van der Waals surface area contributed by atoms with E-state index in [1.165, 1.54) is 18.5 Å². The highest BCUT2D eigenvalue weighted by molar-refractivity contribution is 7.89. The predicted octanol–water partition coefficient (Wildman–Crippen LogP) is 0.986. The van der Waals surface area contributed by atoms with Crippen LogP contribution in [-0.2, 0) is 21.4 Å². The Bertz CT molecular complexity index is 734. The summed E-state index contributed by atoms with van der Waals surface area (Å²) in [5, 5.41) is 14.6. The summed E-state index contributed by atoms with van der Waals surface area (Å²) in [5.41, 5.74) is 1.48. The lowest BCUT2D eigenvalue weighted by Gasteiger charge is -2.05. The molecule has 0 amide bonds. The van der Waals surface area contributed by atoms with Crippen molar-refractivity contribution < 1.29 is 18.3 Å². The van der Waals surface area contributed by atoms with Crippen molar-refractivity contribution in [2.45, 2.75) is 11.4 Å². The van der Waals surface area contributed by atoms with Gasteiger partial charge in [0, 0.05) is 18.8 Å². The van der Waals surface area contributed by atoms with E-state index in [2.05, 4.69) is 14.9 Å². The number of rotatable bonds is 6. The summed E-state index contributed by atoms with van der Waals surface area (Å²) in [6.45, 7) is 0.135. The van der Waals surface area contributed by atoms with Gasteiger partial charge in [-0.3, -0.25) is 5.10 Å². The molecule has 21 heavy (non-hydrogen) atoms. The largest absolute Gasteiger partial charge is 0.478 e. The molecule has 0 aliphatic carbocycles. The molecule has 0 spiro atoms. The molecule has 110 valence electrons. The summed E-state index contributed by atoms with van der Waals surface area (Å²) in [5.74, 6) is -1.02. The molecule has 0 saturated carbocycles. The number of nitrogens with zero attached hydrogens (tertiary/aromatic N) is 1. The van der Waals surface area contributed by atoms with Crippen molar-refractivity contribution in [3.63, 3.8) is 0 Å². The molecule has 8 heteroatoms. The Balaban J connectivity index is 2.00. The lowest BCUT2D eigenvalue weighted by molar-refractivity contribution is -0.131. The standard InChI is InChI=1S/C13H13N3O4S/c17-13(18)6-5-10-1-3-11(4-2-10)7-16-21(19,20)12-8-14-15-9-12/h1-6,8-9,16H,7H2,(H,14,15)(H,17,18). The van der Waals surface area contributed by atoms with E-state index < -0.39 is 16.0 Å². The van der Waals surface area contributed by atoms with E-state index >= 15 is 0 Å². The van der Waals surface area contributed by atoms with Crippen molar-refractivity contribution in [3.8, 4) is 0 Å². The van der Waals surface area contributed by atoms with Crippen LogP contribution in [0.2, 0.25) is 0 Å². The lowest BCUT2D eigenvalue weighted by atomic mass is 10.1. The fraction of sp³-hybridized carbons (Fsp3) is 0.0769. The Hall–Kier alpha value is -2.45. The number of aliphatic carboxylic acids is 1. The summed E-state index contributed by atoms with van der Waals surface area (Å²) in [6, 6.07) is 6.86. The first-order chi connectivity index (χ1) is 9.97. The van der Waals surface area contributed by atoms with Crippen molar-refractivity contribution >= 4 is 22.1 Å². The first kappa shape index (κ1) is 14.9. The van der Waals surface area contributed by atoms with Gasteiger partial charge in [0.1, 0.15) is 4.90 Å². The van der Waals surface area contributed by atoms with Crippen molar-refractivity contribution in [2.24, 2.45) is 0 Å². The average molecular weight is 307 g/mol. The van der Waals surface area contributed by atoms with E-state index in [4.69, 9.17) is 5.11 Å². The third kappa shape index (κ3) is 4.26. The van der Waals surface area contributed by atoms with Crippen LogP contribution in [-0.4, -0.2) is 29.7 Å². The number of H-pyrrole nitrogens is 1. The highest BCUT2D eigenvalue weighted by Crippen LogP contribution is 2.09. The number of benzene rings is 1. The van der Waals surface area contributed by atoms with Gasteiger partial charge in [-0.25, -0.2) is 17.9 Å². The number of aromatic nitrogens is 2. The zero-order valence-corrected chi connectivity index (χ0v) is 11.7. The lowest BCUT2D eigenvalue weighted by Crippen LogP contribution is -2.22. The molecule has 0 aliphatic heterocycles. The number of hydrogen-bond acceptors (Lipinski definition) is 4. The maximum Gasteiger partial charge on any atom is 0.328 e. The third-order valence-electron chi connectivity index (χ3n) is 2.65. The highest BCUT2D eigenvalue weighted by atomic mass is 32.2. The Morgan fingerprint density at radius 2 is 2.05 bits per heavy atom. The quantitative estimate of drug-likeness (QED) is 0.689. The normalized spacial score (nSPS) is 11.8. The van der Waals surface area contributed by atoms with Crippen LogP contribution >= 0.6 is 0 Å². The number of hydrogen-bond donors (Lipinski definition) is 3. The maximum atomic E-state index is 11.9. The molecule has 0 aliphatic rings. The summed E-state index contributed by atoms with van der Waals surface area (Å²) in [4.78, 5) is 10.5. The third-order valence-corrected chi connectivity index (χ3v) is 4.02. The number of carbonyl (C=O) groups is 1. The zero-order chi connectivity index (χ0) is 15.3. The molecule has 0 atom stereocenters. The van der Waals surface area contributed by atoms with Crippen LogP contribution in [0.4, 0.5) is 0 Å². The topological polar surface area (TPSA) is 112 Å². The van der Waals surface area contributed by atoms with Crippen molar-refractivity contribution in [3.05, 3.63) is 53.9 Å². The number of sulfonamides is 1. The van der Waals surface area contributed by atoms with Gasteiger partial charge in [-0.2, -0.15) is 5.10 Å². The van der Waals surface area contributed by atoms with Gasteiger partial charge in [-0.15, -0.1) is 0 Å². The molecule has 1 aromatic heterocycles. The van der Waals surface area contributed by atoms with Crippen molar-refractivity contribution in [2.75, 3.05) is 0 Å². The van der Waals surface area contributed by atoms with Gasteiger partial charge in [0.2, 0.25) is 10.0 Å². The Labute approximate surface area is 121 Å². The molecule has 1 aromatic carbocycles. The molecule has 7 nitrogen and oxygen atoms in total. The number of carboxylic acids is 1. The van der Waals surface area contributed by atoms with Gasteiger partial charge in [-0.05, 0) is 17.2 Å². The summed E-state index contributed by atoms with van der Waals surface area (Å²) < 4.78 is 26.2. The van der Waals surface area contributed by atoms with Crippen LogP contribution < -0.4 is 4.72 Å². The van der Waals surface area contributed by atoms with Crippen LogP contribution in [0.3, 0.4) is 0 Å². The SMILES string of the molecule is O=C(O)C=Cc1ccc(CNS(=O)(=O)c2cn[nH]c2)cc1. The molecule has 3 N–H and O–H groups in total. The first-order valence-corrected chi connectivity index (χ1v) is 7.44. The van der Waals surface area contributed by atoms with E-state index in [-0.39, 0.29) is 11.4 Å². The smallest absolute Gasteiger partial charge is 0.328 e. The van der Waals surface area contributed by atoms with E-state index in [1.54, 1.807) is 24.3 Å². The molecule has 1 heterocycles. The van der Waals surface area contributed by atoms with E-state index in [0.717, 1.165) is 17.2 Å². The fourth-order valence-corrected chi connectivity index (χ4v) is 2.48. The molecule has 2 rings (SSSR count). The first-order valence-electron chi connectivity index (χ1n) is 5.96. The van der Waals surface area contributed by atoms with Crippen LogP contribution in [0, 0.1) is 0 Å². The second-order valence-corrected chi connectivity index (χ2v) is 5.94. The maximum absolute atomic E-state index is 11.9. The predicted molar refractivity (Wildman–Crippen MR) is 75.7 cm³/mol. The van der Waals surface area contributed by atoms with Crippen LogP contribution in [0.25, 0.3) is 6.08 Å². The summed E-state index contributed by atoms with van der Waals surface area (Å²) in [6.07, 6.45) is 5.02. The Kier molecular flexibility index (Phi) is 4.51. The molecule has 0 unspecified atom stereocenters. The molecule has 0 saturated heterocycles. The minimum Gasteiger partial charge on any atom is -0.478 e. The fourth-order valence-electron chi connectivity index (χ4n) is 1.56. The molecular formula is C13H13N3O4S. The van der Waals surface area contributed by atoms with Crippen LogP contribution in [0.1, 0.15) is 11.1 Å². The minimum atomic E-state index is -3.58. The summed E-state index contributed by atoms with van der Waals surface area (Å²) in [7, 11) is -3.58. The molecule has 2 aromatic rings. The van der Waals surface area contributed by atoms with Gasteiger partial charge in [0.05, 0.1) is 6.20 Å². The summed E-state index contributed by atoms with van der Waals surface area (Å²) >= 11 is 0. The molecule has 0 radical (unpaired) electrons. The van der Waals surface area contributed by atoms with Gasteiger partial charge in [0.15, 0.2) is 0 Å². The molecule has 0 fully saturated rings. The van der Waals surface area contributed by atoms with Crippen molar-refractivity contribution in [1.82, 2.24) is 14.9 Å². The van der Waals surface area contributed by atoms with Gasteiger partial charge in [0.25, 0.3) is 0 Å². The number of carboxylic acid groups (broad SMARTS) is 1. The van der Waals surface area contributed by atoms with Gasteiger partial charge in [-0.1, -0.05) is 24.3 Å². The van der Waals surface area contributed by atoms with E-state index in [9.17, 15) is 13.2 Å². The minimum absolute atomic E-state index is 0.0727. The second kappa shape index (κ2) is 6.33. The Morgan fingerprint density at radius 3 is 2.62 bits per heavy atom. The Morgan fingerprint density at radius 1 is 1.33 bits per heavy atom. The highest BCUT2D eigenvalue weighted by Gasteiger charge is 2.14. The monoisotopic (exact) mass is 307 g/mol. The molecule has 0 bridgehead atoms. The zero-order valence-electron chi connectivity index (χ0n) is 10.9. The number of nitrogens with one attached hydrogen (secondary N) is 2. The van der Waals surface area contributed by atoms with Crippen molar-refractivity contribution in [1.29, 1.82) is 0 Å². The number of aromatic amines is 1. The van der Waals surface area contributed by atoms with E-state index in [0.29, 0.717) is 0 Å².